The van der Waals surface area contributed by atoms with Crippen LogP contribution in [0, 0.1) is 0 Å². The summed E-state index contributed by atoms with van der Waals surface area (Å²) in [5.41, 5.74) is 0.361. The number of esters is 1. The summed E-state index contributed by atoms with van der Waals surface area (Å²) in [6.07, 6.45) is 3.18. The van der Waals surface area contributed by atoms with E-state index in [9.17, 15) is 19.2 Å². The minimum absolute atomic E-state index is 0.258. The standard InChI is InChI=1S/C18H21ClN2O5S/c1-27-10-8-14(20-17(24)12-4-6-13(19)7-5-12)18(25)26-11-16(23)21-9-2-3-15(21)22/h4-7,14H,2-3,8-11H2,1H3,(H,20,24)/t14-/m1/s1. The molecule has 27 heavy (non-hydrogen) atoms. The van der Waals surface area contributed by atoms with E-state index in [0.29, 0.717) is 42.1 Å². The molecule has 0 unspecified atom stereocenters. The molecule has 1 heterocycles. The van der Waals surface area contributed by atoms with Gasteiger partial charge < -0.3 is 10.1 Å². The number of carbonyl (C=O) groups is 4. The van der Waals surface area contributed by atoms with Crippen LogP contribution in [0.5, 0.6) is 0 Å². The number of amides is 3. The van der Waals surface area contributed by atoms with Gasteiger partial charge in [0.2, 0.25) is 5.91 Å². The second kappa shape index (κ2) is 10.3. The van der Waals surface area contributed by atoms with Gasteiger partial charge in [0.25, 0.3) is 11.8 Å². The fraction of sp³-hybridized carbons (Fsp3) is 0.444. The van der Waals surface area contributed by atoms with E-state index in [0.717, 1.165) is 4.90 Å². The molecule has 1 atom stereocenters. The van der Waals surface area contributed by atoms with Crippen molar-refractivity contribution in [2.75, 3.05) is 25.2 Å². The number of ether oxygens (including phenoxy) is 1. The van der Waals surface area contributed by atoms with Gasteiger partial charge in [0.15, 0.2) is 6.61 Å². The molecule has 0 saturated carbocycles. The second-order valence-corrected chi connectivity index (χ2v) is 7.39. The molecule has 0 aromatic heterocycles. The SMILES string of the molecule is CSCC[C@@H](NC(=O)c1ccc(Cl)cc1)C(=O)OCC(=O)N1CCCC1=O. The molecule has 0 aliphatic carbocycles. The van der Waals surface area contributed by atoms with Crippen molar-refractivity contribution in [3.05, 3.63) is 34.9 Å². The lowest BCUT2D eigenvalue weighted by Gasteiger charge is -2.18. The quantitative estimate of drug-likeness (QED) is 0.655. The summed E-state index contributed by atoms with van der Waals surface area (Å²) in [6, 6.07) is 5.38. The van der Waals surface area contributed by atoms with Gasteiger partial charge in [-0.3, -0.25) is 19.3 Å². The molecular formula is C18H21ClN2O5S. The summed E-state index contributed by atoms with van der Waals surface area (Å²) in [6.45, 7) is -0.171. The number of rotatable bonds is 8. The lowest BCUT2D eigenvalue weighted by atomic mass is 10.1. The molecule has 1 aromatic rings. The van der Waals surface area contributed by atoms with E-state index in [-0.39, 0.29) is 5.91 Å². The van der Waals surface area contributed by atoms with Crippen molar-refractivity contribution in [1.82, 2.24) is 10.2 Å². The monoisotopic (exact) mass is 412 g/mol. The van der Waals surface area contributed by atoms with Crippen LogP contribution in [0.3, 0.4) is 0 Å². The van der Waals surface area contributed by atoms with E-state index in [4.69, 9.17) is 16.3 Å². The first-order valence-electron chi connectivity index (χ1n) is 8.47. The van der Waals surface area contributed by atoms with Crippen LogP contribution in [0.1, 0.15) is 29.6 Å². The molecule has 0 radical (unpaired) electrons. The van der Waals surface area contributed by atoms with Crippen LogP contribution in [0.15, 0.2) is 24.3 Å². The van der Waals surface area contributed by atoms with Crippen LogP contribution in [0.2, 0.25) is 5.02 Å². The summed E-state index contributed by atoms with van der Waals surface area (Å²) >= 11 is 7.33. The minimum atomic E-state index is -0.886. The Morgan fingerprint density at radius 3 is 2.59 bits per heavy atom. The average Bonchev–Trinajstić information content (AvgIpc) is 3.09. The van der Waals surface area contributed by atoms with E-state index < -0.39 is 30.4 Å². The molecule has 0 spiro atoms. The fourth-order valence-corrected chi connectivity index (χ4v) is 3.15. The third-order valence-electron chi connectivity index (χ3n) is 4.02. The number of thioether (sulfide) groups is 1. The number of nitrogens with one attached hydrogen (secondary N) is 1. The topological polar surface area (TPSA) is 92.8 Å². The first kappa shape index (κ1) is 21.2. The highest BCUT2D eigenvalue weighted by atomic mass is 35.5. The predicted molar refractivity (Wildman–Crippen MR) is 103 cm³/mol. The number of carbonyl (C=O) groups excluding carboxylic acids is 4. The maximum Gasteiger partial charge on any atom is 0.329 e. The lowest BCUT2D eigenvalue weighted by Crippen LogP contribution is -2.44. The first-order chi connectivity index (χ1) is 12.9. The summed E-state index contributed by atoms with van der Waals surface area (Å²) < 4.78 is 5.05. The summed E-state index contributed by atoms with van der Waals surface area (Å²) in [5.74, 6) is -1.31. The molecule has 2 rings (SSSR count). The summed E-state index contributed by atoms with van der Waals surface area (Å²) in [4.78, 5) is 49.3. The van der Waals surface area contributed by atoms with Gasteiger partial charge in [-0.15, -0.1) is 0 Å². The van der Waals surface area contributed by atoms with Gasteiger partial charge in [0, 0.05) is 23.6 Å². The highest BCUT2D eigenvalue weighted by Gasteiger charge is 2.28. The zero-order valence-corrected chi connectivity index (χ0v) is 16.5. The molecule has 146 valence electrons. The van der Waals surface area contributed by atoms with Crippen molar-refractivity contribution >= 4 is 47.1 Å². The van der Waals surface area contributed by atoms with Crippen molar-refractivity contribution in [2.45, 2.75) is 25.3 Å². The van der Waals surface area contributed by atoms with E-state index >= 15 is 0 Å². The molecule has 7 nitrogen and oxygen atoms in total. The maximum absolute atomic E-state index is 12.3. The highest BCUT2D eigenvalue weighted by Crippen LogP contribution is 2.12. The molecule has 0 bridgehead atoms. The van der Waals surface area contributed by atoms with Crippen LogP contribution in [0.4, 0.5) is 0 Å². The summed E-state index contributed by atoms with van der Waals surface area (Å²) in [7, 11) is 0. The van der Waals surface area contributed by atoms with Gasteiger partial charge in [-0.1, -0.05) is 11.6 Å². The maximum atomic E-state index is 12.3. The first-order valence-corrected chi connectivity index (χ1v) is 10.2. The van der Waals surface area contributed by atoms with Gasteiger partial charge in [-0.05, 0) is 49.1 Å². The van der Waals surface area contributed by atoms with Gasteiger partial charge in [0.1, 0.15) is 6.04 Å². The van der Waals surface area contributed by atoms with Crippen molar-refractivity contribution in [3.63, 3.8) is 0 Å². The molecule has 1 N–H and O–H groups in total. The Bertz CT molecular complexity index is 710. The second-order valence-electron chi connectivity index (χ2n) is 5.96. The van der Waals surface area contributed by atoms with E-state index in [1.165, 1.54) is 11.8 Å². The number of hydrogen-bond donors (Lipinski definition) is 1. The van der Waals surface area contributed by atoms with Crippen molar-refractivity contribution in [2.24, 2.45) is 0 Å². The number of halogens is 1. The highest BCUT2D eigenvalue weighted by molar-refractivity contribution is 7.98. The zero-order valence-electron chi connectivity index (χ0n) is 14.9. The van der Waals surface area contributed by atoms with E-state index in [1.807, 2.05) is 6.26 Å². The van der Waals surface area contributed by atoms with Gasteiger partial charge in [-0.2, -0.15) is 11.8 Å². The molecule has 1 aliphatic rings. The lowest BCUT2D eigenvalue weighted by molar-refractivity contribution is -0.156. The Kier molecular flexibility index (Phi) is 8.12. The predicted octanol–water partition coefficient (Wildman–Crippen LogP) is 1.88. The van der Waals surface area contributed by atoms with Gasteiger partial charge >= 0.3 is 5.97 Å². The van der Waals surface area contributed by atoms with Gasteiger partial charge in [-0.25, -0.2) is 4.79 Å². The van der Waals surface area contributed by atoms with Crippen molar-refractivity contribution in [1.29, 1.82) is 0 Å². The molecule has 1 saturated heterocycles. The van der Waals surface area contributed by atoms with Crippen molar-refractivity contribution < 1.29 is 23.9 Å². The smallest absolute Gasteiger partial charge is 0.329 e. The molecule has 1 aliphatic heterocycles. The minimum Gasteiger partial charge on any atom is -0.454 e. The Labute approximate surface area is 166 Å². The van der Waals surface area contributed by atoms with E-state index in [1.54, 1.807) is 24.3 Å². The fourth-order valence-electron chi connectivity index (χ4n) is 2.55. The largest absolute Gasteiger partial charge is 0.454 e. The molecule has 9 heteroatoms. The third-order valence-corrected chi connectivity index (χ3v) is 4.92. The Hall–Kier alpha value is -2.06. The third kappa shape index (κ3) is 6.25. The molecular weight excluding hydrogens is 392 g/mol. The number of likely N-dealkylation sites (tertiary alicyclic amines) is 1. The Morgan fingerprint density at radius 1 is 1.30 bits per heavy atom. The number of nitrogens with zero attached hydrogens (tertiary/aromatic N) is 1. The zero-order chi connectivity index (χ0) is 19.8. The van der Waals surface area contributed by atoms with Gasteiger partial charge in [0.05, 0.1) is 0 Å². The van der Waals surface area contributed by atoms with Crippen LogP contribution >= 0.6 is 23.4 Å². The normalized spacial score (nSPS) is 14.7. The Morgan fingerprint density at radius 2 is 2.00 bits per heavy atom. The number of imide groups is 1. The molecule has 1 aromatic carbocycles. The Balaban J connectivity index is 1.94. The van der Waals surface area contributed by atoms with Crippen molar-refractivity contribution in [3.8, 4) is 0 Å². The summed E-state index contributed by atoms with van der Waals surface area (Å²) in [5, 5.41) is 3.13. The molecule has 3 amide bonds. The van der Waals surface area contributed by atoms with Crippen LogP contribution in [-0.4, -0.2) is 59.8 Å². The van der Waals surface area contributed by atoms with E-state index in [2.05, 4.69) is 5.32 Å². The van der Waals surface area contributed by atoms with Crippen LogP contribution < -0.4 is 5.32 Å². The van der Waals surface area contributed by atoms with Crippen LogP contribution in [-0.2, 0) is 19.1 Å². The average molecular weight is 413 g/mol. The number of hydrogen-bond acceptors (Lipinski definition) is 6. The number of benzene rings is 1. The van der Waals surface area contributed by atoms with Crippen LogP contribution in [0.25, 0.3) is 0 Å². The molecule has 1 fully saturated rings.